The van der Waals surface area contributed by atoms with E-state index in [1.54, 1.807) is 23.5 Å². The van der Waals surface area contributed by atoms with Crippen LogP contribution in [-0.2, 0) is 10.0 Å². The first kappa shape index (κ1) is 15.6. The maximum absolute atomic E-state index is 12.6. The molecule has 0 aromatic carbocycles. The summed E-state index contributed by atoms with van der Waals surface area (Å²) in [6.07, 6.45) is 2.28. The highest BCUT2D eigenvalue weighted by Gasteiger charge is 2.30. The molecule has 0 aliphatic carbocycles. The van der Waals surface area contributed by atoms with Gasteiger partial charge in [-0.15, -0.1) is 0 Å². The predicted octanol–water partition coefficient (Wildman–Crippen LogP) is 2.03. The summed E-state index contributed by atoms with van der Waals surface area (Å²) in [5.41, 5.74) is 0. The zero-order valence-electron chi connectivity index (χ0n) is 12.1. The molecule has 1 saturated heterocycles. The average Bonchev–Trinajstić information content (AvgIpc) is 2.60. The van der Waals surface area contributed by atoms with Gasteiger partial charge in [0.05, 0.1) is 0 Å². The van der Waals surface area contributed by atoms with Gasteiger partial charge in [-0.05, 0) is 18.6 Å². The van der Waals surface area contributed by atoms with E-state index in [1.165, 1.54) is 6.20 Å². The molecule has 2 rings (SSSR count). The highest BCUT2D eigenvalue weighted by molar-refractivity contribution is 8.00. The first-order valence-electron chi connectivity index (χ1n) is 6.63. The second-order valence-electron chi connectivity index (χ2n) is 5.39. The van der Waals surface area contributed by atoms with Crippen LogP contribution in [0.25, 0.3) is 0 Å². The van der Waals surface area contributed by atoms with Gasteiger partial charge in [0.2, 0.25) is 10.0 Å². The average molecular weight is 315 g/mol. The first-order chi connectivity index (χ1) is 9.35. The monoisotopic (exact) mass is 315 g/mol. The minimum absolute atomic E-state index is 0.137. The van der Waals surface area contributed by atoms with Gasteiger partial charge in [-0.25, -0.2) is 13.4 Å². The molecule has 1 fully saturated rings. The second kappa shape index (κ2) is 5.91. The van der Waals surface area contributed by atoms with Gasteiger partial charge in [-0.3, -0.25) is 0 Å². The number of hydrogen-bond acceptors (Lipinski definition) is 5. The molecule has 0 saturated carbocycles. The van der Waals surface area contributed by atoms with Gasteiger partial charge in [-0.1, -0.05) is 13.8 Å². The van der Waals surface area contributed by atoms with Crippen LogP contribution in [0.2, 0.25) is 0 Å². The van der Waals surface area contributed by atoms with Crippen molar-refractivity contribution >= 4 is 27.6 Å². The predicted molar refractivity (Wildman–Crippen MR) is 83.7 cm³/mol. The van der Waals surface area contributed by atoms with Crippen LogP contribution in [0.5, 0.6) is 0 Å². The summed E-state index contributed by atoms with van der Waals surface area (Å²) in [5.74, 6) is 1.49. The molecule has 1 aromatic heterocycles. The quantitative estimate of drug-likeness (QED) is 0.925. The number of sulfonamides is 1. The van der Waals surface area contributed by atoms with E-state index in [1.807, 2.05) is 11.8 Å². The maximum atomic E-state index is 12.6. The molecule has 2 heterocycles. The molecule has 1 N–H and O–H groups in total. The number of hydrogen-bond donors (Lipinski definition) is 1. The number of pyridine rings is 1. The highest BCUT2D eigenvalue weighted by atomic mass is 32.2. The third kappa shape index (κ3) is 3.45. The molecule has 1 aliphatic rings. The summed E-state index contributed by atoms with van der Waals surface area (Å²) in [6.45, 7) is 5.45. The molecule has 0 radical (unpaired) electrons. The number of thioether (sulfide) groups is 1. The lowest BCUT2D eigenvalue weighted by Crippen LogP contribution is -2.33. The molecule has 5 nitrogen and oxygen atoms in total. The zero-order chi connectivity index (χ0) is 14.8. The fourth-order valence-electron chi connectivity index (χ4n) is 2.07. The fraction of sp³-hybridized carbons (Fsp3) is 0.615. The van der Waals surface area contributed by atoms with E-state index < -0.39 is 10.0 Å². The van der Waals surface area contributed by atoms with Gasteiger partial charge in [0.25, 0.3) is 0 Å². The molecule has 0 spiro atoms. The van der Waals surface area contributed by atoms with Gasteiger partial charge in [0.15, 0.2) is 0 Å². The molecular formula is C13H21N3O2S2. The van der Waals surface area contributed by atoms with Crippen molar-refractivity contribution in [3.05, 3.63) is 18.3 Å². The Balaban J connectivity index is 2.20. The van der Waals surface area contributed by atoms with Crippen LogP contribution >= 0.6 is 11.8 Å². The Morgan fingerprint density at radius 1 is 1.35 bits per heavy atom. The summed E-state index contributed by atoms with van der Waals surface area (Å²) in [6, 6.07) is 3.29. The van der Waals surface area contributed by atoms with Crippen molar-refractivity contribution in [2.75, 3.05) is 31.2 Å². The zero-order valence-corrected chi connectivity index (χ0v) is 13.7. The van der Waals surface area contributed by atoms with Crippen LogP contribution in [0.1, 0.15) is 20.3 Å². The number of rotatable bonds is 3. The Kier molecular flexibility index (Phi) is 4.61. The van der Waals surface area contributed by atoms with Gasteiger partial charge < -0.3 is 5.32 Å². The van der Waals surface area contributed by atoms with E-state index >= 15 is 0 Å². The minimum atomic E-state index is -3.43. The van der Waals surface area contributed by atoms with E-state index in [2.05, 4.69) is 24.1 Å². The van der Waals surface area contributed by atoms with E-state index in [0.717, 1.165) is 12.2 Å². The van der Waals surface area contributed by atoms with E-state index in [9.17, 15) is 8.42 Å². The standard InChI is InChI=1S/C13H21N3O2S2/c1-13(2)6-7-16(8-9-19-13)20(17,18)11-4-5-12(14-3)15-10-11/h4-5,10H,6-9H2,1-3H3,(H,14,15). The summed E-state index contributed by atoms with van der Waals surface area (Å²) < 4.78 is 26.9. The maximum Gasteiger partial charge on any atom is 0.244 e. The largest absolute Gasteiger partial charge is 0.373 e. The van der Waals surface area contributed by atoms with Crippen molar-refractivity contribution < 1.29 is 8.42 Å². The van der Waals surface area contributed by atoms with Crippen molar-refractivity contribution in [1.82, 2.24) is 9.29 Å². The molecule has 112 valence electrons. The molecule has 1 aromatic rings. The molecule has 7 heteroatoms. The Morgan fingerprint density at radius 3 is 2.70 bits per heavy atom. The summed E-state index contributed by atoms with van der Waals surface area (Å²) in [5, 5.41) is 2.88. The lowest BCUT2D eigenvalue weighted by Gasteiger charge is -2.22. The van der Waals surface area contributed by atoms with Gasteiger partial charge in [-0.2, -0.15) is 16.1 Å². The van der Waals surface area contributed by atoms with Crippen LogP contribution in [0.3, 0.4) is 0 Å². The van der Waals surface area contributed by atoms with E-state index in [4.69, 9.17) is 0 Å². The number of nitrogens with one attached hydrogen (secondary N) is 1. The van der Waals surface area contributed by atoms with Crippen LogP contribution in [0.4, 0.5) is 5.82 Å². The lowest BCUT2D eigenvalue weighted by atomic mass is 10.1. The van der Waals surface area contributed by atoms with Crippen molar-refractivity contribution in [2.45, 2.75) is 29.9 Å². The van der Waals surface area contributed by atoms with Crippen molar-refractivity contribution in [1.29, 1.82) is 0 Å². The number of anilines is 1. The Hall–Kier alpha value is -0.790. The molecule has 0 amide bonds. The van der Waals surface area contributed by atoms with Crippen LogP contribution in [0, 0.1) is 0 Å². The first-order valence-corrected chi connectivity index (χ1v) is 9.06. The lowest BCUT2D eigenvalue weighted by molar-refractivity contribution is 0.415. The summed E-state index contributed by atoms with van der Waals surface area (Å²) >= 11 is 1.83. The van der Waals surface area contributed by atoms with Gasteiger partial charge >= 0.3 is 0 Å². The summed E-state index contributed by atoms with van der Waals surface area (Å²) in [7, 11) is -1.68. The van der Waals surface area contributed by atoms with Crippen LogP contribution in [0.15, 0.2) is 23.2 Å². The third-order valence-electron chi connectivity index (χ3n) is 3.43. The number of aromatic nitrogens is 1. The van der Waals surface area contributed by atoms with Gasteiger partial charge in [0, 0.05) is 36.8 Å². The van der Waals surface area contributed by atoms with E-state index in [-0.39, 0.29) is 9.64 Å². The molecular weight excluding hydrogens is 294 g/mol. The van der Waals surface area contributed by atoms with E-state index in [0.29, 0.717) is 18.9 Å². The van der Waals surface area contributed by atoms with Crippen LogP contribution in [-0.4, -0.2) is 48.3 Å². The second-order valence-corrected chi connectivity index (χ2v) is 9.13. The SMILES string of the molecule is CNc1ccc(S(=O)(=O)N2CCSC(C)(C)CC2)cn1. The van der Waals surface area contributed by atoms with Crippen molar-refractivity contribution in [3.8, 4) is 0 Å². The number of nitrogens with zero attached hydrogens (tertiary/aromatic N) is 2. The Morgan fingerprint density at radius 2 is 2.10 bits per heavy atom. The van der Waals surface area contributed by atoms with Crippen LogP contribution < -0.4 is 5.32 Å². The molecule has 0 bridgehead atoms. The topological polar surface area (TPSA) is 62.3 Å². The van der Waals surface area contributed by atoms with Crippen molar-refractivity contribution in [2.24, 2.45) is 0 Å². The Bertz CT molecular complexity index is 555. The normalized spacial score (nSPS) is 20.4. The molecule has 20 heavy (non-hydrogen) atoms. The molecule has 0 unspecified atom stereocenters. The smallest absolute Gasteiger partial charge is 0.244 e. The minimum Gasteiger partial charge on any atom is -0.373 e. The Labute approximate surface area is 125 Å². The van der Waals surface area contributed by atoms with Gasteiger partial charge in [0.1, 0.15) is 10.7 Å². The summed E-state index contributed by atoms with van der Waals surface area (Å²) in [4.78, 5) is 4.35. The van der Waals surface area contributed by atoms with Crippen molar-refractivity contribution in [3.63, 3.8) is 0 Å². The third-order valence-corrected chi connectivity index (χ3v) is 6.68. The molecule has 1 aliphatic heterocycles. The highest BCUT2D eigenvalue weighted by Crippen LogP contribution is 2.32. The fourth-order valence-corrected chi connectivity index (χ4v) is 4.67. The molecule has 0 atom stereocenters.